The van der Waals surface area contributed by atoms with Crippen LogP contribution in [0, 0.1) is 0 Å². The molecule has 3 nitrogen and oxygen atoms in total. The highest BCUT2D eigenvalue weighted by atomic mass is 35.5. The molecule has 1 aromatic rings. The summed E-state index contributed by atoms with van der Waals surface area (Å²) in [6.45, 7) is 4.44. The highest BCUT2D eigenvalue weighted by Crippen LogP contribution is 2.35. The summed E-state index contributed by atoms with van der Waals surface area (Å²) in [7, 11) is 0. The third-order valence-corrected chi connectivity index (χ3v) is 3.71. The van der Waals surface area contributed by atoms with Crippen LogP contribution < -0.4 is 10.2 Å². The summed E-state index contributed by atoms with van der Waals surface area (Å²) in [5, 5.41) is 3.31. The topological polar surface area (TPSA) is 28.2 Å². The first-order chi connectivity index (χ1) is 9.43. The molecule has 1 unspecified atom stereocenters. The van der Waals surface area contributed by atoms with Crippen LogP contribution >= 0.6 is 11.6 Å². The molecular formula is C13H17ClF3N3. The molecular weight excluding hydrogens is 291 g/mol. The summed E-state index contributed by atoms with van der Waals surface area (Å²) < 4.78 is 37.8. The van der Waals surface area contributed by atoms with Crippen molar-refractivity contribution in [3.63, 3.8) is 0 Å². The standard InChI is InChI=1S/C13H17ClF3N3/c1-2-18-8-10-4-3-5-20(10)12-11(14)6-9(7-19-12)13(15,16)17/h6-7,10,18H,2-5,8H2,1H3. The molecule has 7 heteroatoms. The number of pyridine rings is 1. The highest BCUT2D eigenvalue weighted by Gasteiger charge is 2.33. The van der Waals surface area contributed by atoms with E-state index < -0.39 is 11.7 Å². The van der Waals surface area contributed by atoms with Crippen LogP contribution in [0.2, 0.25) is 5.02 Å². The quantitative estimate of drug-likeness (QED) is 0.925. The molecule has 0 bridgehead atoms. The van der Waals surface area contributed by atoms with Crippen LogP contribution in [0.15, 0.2) is 12.3 Å². The van der Waals surface area contributed by atoms with E-state index >= 15 is 0 Å². The molecule has 1 aliphatic rings. The average molecular weight is 308 g/mol. The molecule has 1 fully saturated rings. The normalized spacial score (nSPS) is 19.6. The van der Waals surface area contributed by atoms with Crippen molar-refractivity contribution >= 4 is 17.4 Å². The first-order valence-electron chi connectivity index (χ1n) is 6.63. The van der Waals surface area contributed by atoms with Crippen molar-refractivity contribution in [3.8, 4) is 0 Å². The minimum atomic E-state index is -4.41. The third-order valence-electron chi connectivity index (χ3n) is 3.43. The second kappa shape index (κ2) is 6.18. The second-order valence-electron chi connectivity index (χ2n) is 4.82. The van der Waals surface area contributed by atoms with Crippen LogP contribution in [-0.2, 0) is 6.18 Å². The predicted octanol–water partition coefficient (Wildman–Crippen LogP) is 3.33. The van der Waals surface area contributed by atoms with Crippen LogP contribution in [0.25, 0.3) is 0 Å². The zero-order valence-corrected chi connectivity index (χ0v) is 11.9. The van der Waals surface area contributed by atoms with E-state index in [0.29, 0.717) is 5.82 Å². The van der Waals surface area contributed by atoms with E-state index in [2.05, 4.69) is 10.3 Å². The molecule has 1 saturated heterocycles. The van der Waals surface area contributed by atoms with Crippen molar-refractivity contribution in [1.82, 2.24) is 10.3 Å². The van der Waals surface area contributed by atoms with Crippen LogP contribution in [0.3, 0.4) is 0 Å². The number of aromatic nitrogens is 1. The van der Waals surface area contributed by atoms with Crippen LogP contribution in [0.1, 0.15) is 25.3 Å². The Kier molecular flexibility index (Phi) is 4.75. The lowest BCUT2D eigenvalue weighted by Crippen LogP contribution is -2.38. The number of alkyl halides is 3. The number of halogens is 4. The minimum absolute atomic E-state index is 0.0585. The molecule has 0 aliphatic carbocycles. The number of anilines is 1. The van der Waals surface area contributed by atoms with Gasteiger partial charge in [0, 0.05) is 25.3 Å². The van der Waals surface area contributed by atoms with Gasteiger partial charge in [-0.25, -0.2) is 4.98 Å². The number of likely N-dealkylation sites (N-methyl/N-ethyl adjacent to an activating group) is 1. The van der Waals surface area contributed by atoms with Crippen molar-refractivity contribution in [1.29, 1.82) is 0 Å². The number of hydrogen-bond donors (Lipinski definition) is 1. The van der Waals surface area contributed by atoms with Crippen LogP contribution in [0.4, 0.5) is 19.0 Å². The smallest absolute Gasteiger partial charge is 0.351 e. The largest absolute Gasteiger partial charge is 0.417 e. The van der Waals surface area contributed by atoms with Gasteiger partial charge in [-0.2, -0.15) is 13.2 Å². The average Bonchev–Trinajstić information content (AvgIpc) is 2.83. The molecule has 0 saturated carbocycles. The Morgan fingerprint density at radius 3 is 2.85 bits per heavy atom. The minimum Gasteiger partial charge on any atom is -0.351 e. The van der Waals surface area contributed by atoms with E-state index in [-0.39, 0.29) is 11.1 Å². The molecule has 0 aromatic carbocycles. The maximum absolute atomic E-state index is 12.6. The van der Waals surface area contributed by atoms with E-state index in [9.17, 15) is 13.2 Å². The van der Waals surface area contributed by atoms with E-state index in [4.69, 9.17) is 11.6 Å². The summed E-state index contributed by atoms with van der Waals surface area (Å²) in [5.74, 6) is 0.445. The van der Waals surface area contributed by atoms with Gasteiger partial charge in [0.25, 0.3) is 0 Å². The summed E-state index contributed by atoms with van der Waals surface area (Å²) in [6, 6.07) is 1.18. The zero-order valence-electron chi connectivity index (χ0n) is 11.2. The summed E-state index contributed by atoms with van der Waals surface area (Å²) in [4.78, 5) is 5.92. The van der Waals surface area contributed by atoms with Crippen LogP contribution in [-0.4, -0.2) is 30.7 Å². The maximum Gasteiger partial charge on any atom is 0.417 e. The summed E-state index contributed by atoms with van der Waals surface area (Å²) in [5.41, 5.74) is -0.811. The number of rotatable bonds is 4. The Labute approximate surface area is 121 Å². The Balaban J connectivity index is 2.20. The second-order valence-corrected chi connectivity index (χ2v) is 5.23. The van der Waals surface area contributed by atoms with E-state index in [1.54, 1.807) is 0 Å². The first kappa shape index (κ1) is 15.4. The molecule has 112 valence electrons. The SMILES string of the molecule is CCNCC1CCCN1c1ncc(C(F)(F)F)cc1Cl. The molecule has 2 heterocycles. The fourth-order valence-corrected chi connectivity index (χ4v) is 2.71. The fourth-order valence-electron chi connectivity index (χ4n) is 2.43. The van der Waals surface area contributed by atoms with Gasteiger partial charge in [-0.05, 0) is 25.5 Å². The van der Waals surface area contributed by atoms with E-state index in [1.165, 1.54) is 0 Å². The first-order valence-corrected chi connectivity index (χ1v) is 7.01. The third kappa shape index (κ3) is 3.35. The van der Waals surface area contributed by atoms with Crippen LogP contribution in [0.5, 0.6) is 0 Å². The Morgan fingerprint density at radius 1 is 1.50 bits per heavy atom. The van der Waals surface area contributed by atoms with Crippen molar-refractivity contribution < 1.29 is 13.2 Å². The van der Waals surface area contributed by atoms with Gasteiger partial charge in [0.2, 0.25) is 0 Å². The Morgan fingerprint density at radius 2 is 2.25 bits per heavy atom. The fraction of sp³-hybridized carbons (Fsp3) is 0.615. The molecule has 1 aromatic heterocycles. The van der Waals surface area contributed by atoms with Gasteiger partial charge in [-0.3, -0.25) is 0 Å². The zero-order chi connectivity index (χ0) is 14.8. The van der Waals surface area contributed by atoms with Gasteiger partial charge in [-0.1, -0.05) is 18.5 Å². The lowest BCUT2D eigenvalue weighted by molar-refractivity contribution is -0.137. The lowest BCUT2D eigenvalue weighted by Gasteiger charge is -2.27. The van der Waals surface area contributed by atoms with Crippen molar-refractivity contribution in [3.05, 3.63) is 22.8 Å². The Hall–Kier alpha value is -1.01. The summed E-state index contributed by atoms with van der Waals surface area (Å²) in [6.07, 6.45) is -1.58. The molecule has 1 N–H and O–H groups in total. The molecule has 2 rings (SSSR count). The maximum atomic E-state index is 12.6. The van der Waals surface area contributed by atoms with Gasteiger partial charge in [0.1, 0.15) is 5.82 Å². The Bertz CT molecular complexity index is 465. The van der Waals surface area contributed by atoms with Gasteiger partial charge < -0.3 is 10.2 Å². The van der Waals surface area contributed by atoms with Gasteiger partial charge in [-0.15, -0.1) is 0 Å². The summed E-state index contributed by atoms with van der Waals surface area (Å²) >= 11 is 5.99. The molecule has 0 amide bonds. The van der Waals surface area contributed by atoms with Crippen molar-refractivity contribution in [2.75, 3.05) is 24.5 Å². The van der Waals surface area contributed by atoms with E-state index in [0.717, 1.165) is 44.7 Å². The van der Waals surface area contributed by atoms with Gasteiger partial charge >= 0.3 is 6.18 Å². The van der Waals surface area contributed by atoms with Gasteiger partial charge in [0.15, 0.2) is 0 Å². The number of hydrogen-bond acceptors (Lipinski definition) is 3. The monoisotopic (exact) mass is 307 g/mol. The molecule has 20 heavy (non-hydrogen) atoms. The molecule has 1 atom stereocenters. The highest BCUT2D eigenvalue weighted by molar-refractivity contribution is 6.33. The predicted molar refractivity (Wildman–Crippen MR) is 73.2 cm³/mol. The van der Waals surface area contributed by atoms with E-state index in [1.807, 2.05) is 11.8 Å². The van der Waals surface area contributed by atoms with Crippen molar-refractivity contribution in [2.45, 2.75) is 32.0 Å². The molecule has 0 radical (unpaired) electrons. The van der Waals surface area contributed by atoms with Crippen molar-refractivity contribution in [2.24, 2.45) is 0 Å². The lowest BCUT2D eigenvalue weighted by atomic mass is 10.2. The molecule has 1 aliphatic heterocycles. The molecule has 0 spiro atoms. The van der Waals surface area contributed by atoms with Gasteiger partial charge in [0.05, 0.1) is 10.6 Å². The number of nitrogens with one attached hydrogen (secondary N) is 1. The number of nitrogens with zero attached hydrogens (tertiary/aromatic N) is 2.